The molecule has 0 unspecified atom stereocenters. The minimum absolute atomic E-state index is 0.199. The molecule has 6 heteroatoms. The molecule has 27 heavy (non-hydrogen) atoms. The number of esters is 1. The minimum Gasteiger partial charge on any atom is -0.454 e. The van der Waals surface area contributed by atoms with Crippen LogP contribution in [0.4, 0.5) is 0 Å². The molecule has 0 N–H and O–H groups in total. The molecule has 2 heterocycles. The van der Waals surface area contributed by atoms with Gasteiger partial charge in [-0.25, -0.2) is 4.79 Å². The number of hydrogen-bond acceptors (Lipinski definition) is 5. The van der Waals surface area contributed by atoms with E-state index in [2.05, 4.69) is 11.5 Å². The summed E-state index contributed by atoms with van der Waals surface area (Å²) in [6.07, 6.45) is 3.90. The summed E-state index contributed by atoms with van der Waals surface area (Å²) in [5, 5.41) is 0. The number of carbonyl (C=O) groups excluding carboxylic acids is 2. The lowest BCUT2D eigenvalue weighted by Gasteiger charge is -2.07. The first-order valence-electron chi connectivity index (χ1n) is 8.94. The molecule has 0 atom stereocenters. The number of ether oxygens (including phenoxy) is 3. The average Bonchev–Trinajstić information content (AvgIpc) is 3.23. The van der Waals surface area contributed by atoms with Crippen LogP contribution in [-0.2, 0) is 16.1 Å². The van der Waals surface area contributed by atoms with E-state index in [0.717, 1.165) is 29.9 Å². The van der Waals surface area contributed by atoms with Gasteiger partial charge in [-0.2, -0.15) is 0 Å². The molecule has 1 aromatic carbocycles. The molecular formula is C21H23NO5. The lowest BCUT2D eigenvalue weighted by atomic mass is 10.1. The van der Waals surface area contributed by atoms with E-state index in [9.17, 15) is 9.59 Å². The Kier molecular flexibility index (Phi) is 5.64. The van der Waals surface area contributed by atoms with Gasteiger partial charge in [-0.05, 0) is 50.1 Å². The Morgan fingerprint density at radius 3 is 2.74 bits per heavy atom. The number of rotatable bonds is 7. The molecule has 1 aromatic heterocycles. The molecule has 0 saturated carbocycles. The number of fused-ring (bicyclic) bond motifs is 1. The molecule has 6 nitrogen and oxygen atoms in total. The fourth-order valence-electron chi connectivity index (χ4n) is 3.09. The molecule has 0 bridgehead atoms. The molecule has 0 radical (unpaired) electrons. The van der Waals surface area contributed by atoms with Crippen LogP contribution in [0.5, 0.6) is 11.5 Å². The minimum atomic E-state index is -0.566. The SMILES string of the molecule is CCCn1c(C)cc(C(=O)COC(=O)/C=C/c2ccc3c(c2)OCO3)c1C. The van der Waals surface area contributed by atoms with Gasteiger partial charge in [0.05, 0.1) is 0 Å². The maximum Gasteiger partial charge on any atom is 0.331 e. The summed E-state index contributed by atoms with van der Waals surface area (Å²) < 4.78 is 17.7. The highest BCUT2D eigenvalue weighted by Gasteiger charge is 2.17. The second-order valence-electron chi connectivity index (χ2n) is 6.41. The van der Waals surface area contributed by atoms with Gasteiger partial charge in [-0.1, -0.05) is 13.0 Å². The Bertz CT molecular complexity index is 894. The molecule has 0 aliphatic carbocycles. The van der Waals surface area contributed by atoms with Gasteiger partial charge in [0.25, 0.3) is 0 Å². The van der Waals surface area contributed by atoms with Crippen molar-refractivity contribution in [3.05, 3.63) is 52.9 Å². The van der Waals surface area contributed by atoms with Crippen molar-refractivity contribution in [2.75, 3.05) is 13.4 Å². The molecule has 1 aliphatic rings. The van der Waals surface area contributed by atoms with E-state index < -0.39 is 5.97 Å². The molecular weight excluding hydrogens is 346 g/mol. The van der Waals surface area contributed by atoms with Crippen molar-refractivity contribution in [1.82, 2.24) is 4.57 Å². The smallest absolute Gasteiger partial charge is 0.331 e. The number of aryl methyl sites for hydroxylation is 1. The maximum atomic E-state index is 12.4. The van der Waals surface area contributed by atoms with Crippen LogP contribution in [0.15, 0.2) is 30.3 Å². The zero-order valence-electron chi connectivity index (χ0n) is 15.8. The van der Waals surface area contributed by atoms with Crippen molar-refractivity contribution in [3.63, 3.8) is 0 Å². The van der Waals surface area contributed by atoms with Gasteiger partial charge in [0.1, 0.15) is 0 Å². The van der Waals surface area contributed by atoms with Crippen LogP contribution in [-0.4, -0.2) is 29.7 Å². The highest BCUT2D eigenvalue weighted by molar-refractivity contribution is 6.00. The molecule has 3 rings (SSSR count). The zero-order valence-corrected chi connectivity index (χ0v) is 15.8. The second-order valence-corrected chi connectivity index (χ2v) is 6.41. The second kappa shape index (κ2) is 8.12. The largest absolute Gasteiger partial charge is 0.454 e. The summed E-state index contributed by atoms with van der Waals surface area (Å²) in [6.45, 7) is 6.76. The van der Waals surface area contributed by atoms with Crippen LogP contribution in [0.2, 0.25) is 0 Å². The van der Waals surface area contributed by atoms with Crippen molar-refractivity contribution < 1.29 is 23.8 Å². The predicted octanol–water partition coefficient (Wildman–Crippen LogP) is 3.68. The number of nitrogens with zero attached hydrogens (tertiary/aromatic N) is 1. The molecule has 0 saturated heterocycles. The number of Topliss-reactive ketones (excluding diaryl/α,β-unsaturated/α-hetero) is 1. The Labute approximate surface area is 158 Å². The summed E-state index contributed by atoms with van der Waals surface area (Å²) >= 11 is 0. The van der Waals surface area contributed by atoms with Crippen molar-refractivity contribution in [1.29, 1.82) is 0 Å². The fraction of sp³-hybridized carbons (Fsp3) is 0.333. The first kappa shape index (κ1) is 18.8. The topological polar surface area (TPSA) is 66.8 Å². The van der Waals surface area contributed by atoms with Crippen molar-refractivity contribution in [2.45, 2.75) is 33.7 Å². The monoisotopic (exact) mass is 369 g/mol. The van der Waals surface area contributed by atoms with Crippen LogP contribution in [0, 0.1) is 13.8 Å². The highest BCUT2D eigenvalue weighted by atomic mass is 16.7. The third-order valence-electron chi connectivity index (χ3n) is 4.48. The lowest BCUT2D eigenvalue weighted by molar-refractivity contribution is -0.136. The fourth-order valence-corrected chi connectivity index (χ4v) is 3.09. The average molecular weight is 369 g/mol. The quantitative estimate of drug-likeness (QED) is 0.423. The van der Waals surface area contributed by atoms with Crippen LogP contribution < -0.4 is 9.47 Å². The van der Waals surface area contributed by atoms with Crippen molar-refractivity contribution in [2.24, 2.45) is 0 Å². The standard InChI is InChI=1S/C21H23NO5/c1-4-9-22-14(2)10-17(15(22)3)18(23)12-25-21(24)8-6-16-5-7-19-20(11-16)27-13-26-19/h5-8,10-11H,4,9,12-13H2,1-3H3/b8-6+. The third-order valence-corrected chi connectivity index (χ3v) is 4.48. The van der Waals surface area contributed by atoms with E-state index in [-0.39, 0.29) is 19.2 Å². The molecule has 0 spiro atoms. The van der Waals surface area contributed by atoms with E-state index in [0.29, 0.717) is 17.1 Å². The van der Waals surface area contributed by atoms with Crippen molar-refractivity contribution >= 4 is 17.8 Å². The summed E-state index contributed by atoms with van der Waals surface area (Å²) in [6, 6.07) is 7.22. The number of ketones is 1. The highest BCUT2D eigenvalue weighted by Crippen LogP contribution is 2.32. The van der Waals surface area contributed by atoms with Crippen LogP contribution in [0.1, 0.15) is 40.7 Å². The maximum absolute atomic E-state index is 12.4. The molecule has 142 valence electrons. The van der Waals surface area contributed by atoms with Crippen LogP contribution in [0.25, 0.3) is 6.08 Å². The molecule has 0 amide bonds. The van der Waals surface area contributed by atoms with Gasteiger partial charge in [0, 0.05) is 29.6 Å². The third kappa shape index (κ3) is 4.22. The zero-order chi connectivity index (χ0) is 19.4. The molecule has 1 aliphatic heterocycles. The first-order valence-corrected chi connectivity index (χ1v) is 8.94. The van der Waals surface area contributed by atoms with E-state index in [1.165, 1.54) is 6.08 Å². The lowest BCUT2D eigenvalue weighted by Crippen LogP contribution is -2.13. The summed E-state index contributed by atoms with van der Waals surface area (Å²) in [4.78, 5) is 24.3. The summed E-state index contributed by atoms with van der Waals surface area (Å²) in [5.74, 6) is 0.558. The number of hydrogen-bond donors (Lipinski definition) is 0. The van der Waals surface area contributed by atoms with Crippen molar-refractivity contribution in [3.8, 4) is 11.5 Å². The van der Waals surface area contributed by atoms with Gasteiger partial charge in [0.2, 0.25) is 12.6 Å². The van der Waals surface area contributed by atoms with Gasteiger partial charge in [-0.15, -0.1) is 0 Å². The Balaban J connectivity index is 1.57. The first-order chi connectivity index (χ1) is 13.0. The van der Waals surface area contributed by atoms with E-state index in [1.54, 1.807) is 18.2 Å². The van der Waals surface area contributed by atoms with Gasteiger partial charge >= 0.3 is 5.97 Å². The Morgan fingerprint density at radius 2 is 1.96 bits per heavy atom. The molecule has 2 aromatic rings. The predicted molar refractivity (Wildman–Crippen MR) is 101 cm³/mol. The van der Waals surface area contributed by atoms with Gasteiger partial charge in [0.15, 0.2) is 18.1 Å². The van der Waals surface area contributed by atoms with E-state index >= 15 is 0 Å². The molecule has 0 fully saturated rings. The van der Waals surface area contributed by atoms with E-state index in [4.69, 9.17) is 14.2 Å². The van der Waals surface area contributed by atoms with Crippen LogP contribution >= 0.6 is 0 Å². The Hall–Kier alpha value is -3.02. The van der Waals surface area contributed by atoms with Crippen LogP contribution in [0.3, 0.4) is 0 Å². The van der Waals surface area contributed by atoms with Gasteiger partial charge in [-0.3, -0.25) is 4.79 Å². The number of carbonyl (C=O) groups is 2. The summed E-state index contributed by atoms with van der Waals surface area (Å²) in [7, 11) is 0. The van der Waals surface area contributed by atoms with E-state index in [1.807, 2.05) is 26.0 Å². The number of benzene rings is 1. The van der Waals surface area contributed by atoms with Gasteiger partial charge < -0.3 is 18.8 Å². The Morgan fingerprint density at radius 1 is 1.19 bits per heavy atom. The normalized spacial score (nSPS) is 12.6. The summed E-state index contributed by atoms with van der Waals surface area (Å²) in [5.41, 5.74) is 3.33. The number of aromatic nitrogens is 1.